The highest BCUT2D eigenvalue weighted by molar-refractivity contribution is 7.99. The minimum atomic E-state index is -0.0283. The van der Waals surface area contributed by atoms with Crippen molar-refractivity contribution in [3.63, 3.8) is 0 Å². The molecule has 2 aromatic heterocycles. The van der Waals surface area contributed by atoms with E-state index < -0.39 is 0 Å². The smallest absolute Gasteiger partial charge is 0.233 e. The lowest BCUT2D eigenvalue weighted by Gasteiger charge is -2.16. The zero-order chi connectivity index (χ0) is 24.1. The first-order chi connectivity index (χ1) is 16.4. The number of hydrogen-bond donors (Lipinski definition) is 1. The van der Waals surface area contributed by atoms with Gasteiger partial charge in [-0.3, -0.25) is 4.79 Å². The molecule has 2 N–H and O–H groups in total. The molecular formula is C25H25ClN6OS. The van der Waals surface area contributed by atoms with E-state index >= 15 is 0 Å². The Kier molecular flexibility index (Phi) is 7.49. The predicted octanol–water partition coefficient (Wildman–Crippen LogP) is 4.88. The molecule has 0 unspecified atom stereocenters. The van der Waals surface area contributed by atoms with Crippen LogP contribution in [-0.4, -0.2) is 43.4 Å². The Morgan fingerprint density at radius 3 is 2.56 bits per heavy atom. The number of nitrogens with two attached hydrogens (primary N) is 1. The zero-order valence-corrected chi connectivity index (χ0v) is 20.6. The fourth-order valence-corrected chi connectivity index (χ4v) is 4.45. The van der Waals surface area contributed by atoms with Crippen LogP contribution in [-0.2, 0) is 17.8 Å². The average molecular weight is 493 g/mol. The monoisotopic (exact) mass is 492 g/mol. The summed E-state index contributed by atoms with van der Waals surface area (Å²) < 4.78 is 1.80. The van der Waals surface area contributed by atoms with Crippen LogP contribution in [0.3, 0.4) is 0 Å². The van der Waals surface area contributed by atoms with Crippen molar-refractivity contribution in [1.29, 1.82) is 0 Å². The Hall–Kier alpha value is -3.36. The van der Waals surface area contributed by atoms with E-state index in [1.54, 1.807) is 22.8 Å². The molecule has 174 valence electrons. The number of rotatable bonds is 8. The molecule has 4 aromatic rings. The highest BCUT2D eigenvalue weighted by Gasteiger charge is 2.16. The minimum Gasteiger partial charge on any atom is -0.383 e. The van der Waals surface area contributed by atoms with Crippen molar-refractivity contribution in [3.05, 3.63) is 83.3 Å². The molecule has 0 aliphatic heterocycles. The van der Waals surface area contributed by atoms with Crippen molar-refractivity contribution in [3.8, 4) is 16.8 Å². The Morgan fingerprint density at radius 2 is 1.85 bits per heavy atom. The number of thioether (sulfide) groups is 1. The molecule has 34 heavy (non-hydrogen) atoms. The largest absolute Gasteiger partial charge is 0.383 e. The van der Waals surface area contributed by atoms with E-state index in [9.17, 15) is 4.79 Å². The number of aryl methyl sites for hydroxylation is 1. The molecule has 0 atom stereocenters. The highest BCUT2D eigenvalue weighted by Crippen LogP contribution is 2.31. The van der Waals surface area contributed by atoms with Gasteiger partial charge in [-0.1, -0.05) is 60.6 Å². The summed E-state index contributed by atoms with van der Waals surface area (Å²) in [5.41, 5.74) is 10.8. The number of carbonyl (C=O) groups is 1. The molecule has 0 saturated heterocycles. The maximum Gasteiger partial charge on any atom is 0.233 e. The van der Waals surface area contributed by atoms with Gasteiger partial charge in [0.15, 0.2) is 5.16 Å². The van der Waals surface area contributed by atoms with Crippen LogP contribution in [0, 0.1) is 0 Å². The van der Waals surface area contributed by atoms with E-state index in [0.29, 0.717) is 29.0 Å². The van der Waals surface area contributed by atoms with E-state index in [-0.39, 0.29) is 11.7 Å². The van der Waals surface area contributed by atoms with Gasteiger partial charge in [-0.05, 0) is 36.2 Å². The third-order valence-corrected chi connectivity index (χ3v) is 6.37. The average Bonchev–Trinajstić information content (AvgIpc) is 3.32. The normalized spacial score (nSPS) is 10.9. The van der Waals surface area contributed by atoms with Crippen molar-refractivity contribution in [2.45, 2.75) is 25.0 Å². The first kappa shape index (κ1) is 23.8. The van der Waals surface area contributed by atoms with E-state index in [1.807, 2.05) is 67.7 Å². The van der Waals surface area contributed by atoms with Crippen molar-refractivity contribution >= 4 is 35.1 Å². The molecule has 9 heteroatoms. The fraction of sp³-hybridized carbons (Fsp3) is 0.200. The van der Waals surface area contributed by atoms with Crippen LogP contribution in [0.15, 0.2) is 72.1 Å². The van der Waals surface area contributed by atoms with Crippen LogP contribution in [0.1, 0.15) is 18.2 Å². The first-order valence-electron chi connectivity index (χ1n) is 10.8. The van der Waals surface area contributed by atoms with Crippen molar-refractivity contribution < 1.29 is 4.79 Å². The summed E-state index contributed by atoms with van der Waals surface area (Å²) in [4.78, 5) is 23.5. The SMILES string of the molecule is CCc1nc(SCC(=O)N(C)Cc2cnn(-c3ccccc3)c2)nc(N)c1-c1ccc(Cl)cc1. The second kappa shape index (κ2) is 10.7. The summed E-state index contributed by atoms with van der Waals surface area (Å²) in [7, 11) is 1.78. The van der Waals surface area contributed by atoms with Gasteiger partial charge in [0.1, 0.15) is 5.82 Å². The van der Waals surface area contributed by atoms with Crippen LogP contribution in [0.25, 0.3) is 16.8 Å². The predicted molar refractivity (Wildman–Crippen MR) is 137 cm³/mol. The molecule has 0 aliphatic rings. The van der Waals surface area contributed by atoms with Crippen LogP contribution in [0.2, 0.25) is 5.02 Å². The molecule has 0 bridgehead atoms. The molecule has 4 rings (SSSR count). The molecule has 7 nitrogen and oxygen atoms in total. The lowest BCUT2D eigenvalue weighted by atomic mass is 10.0. The summed E-state index contributed by atoms with van der Waals surface area (Å²) in [6.07, 6.45) is 4.40. The van der Waals surface area contributed by atoms with Gasteiger partial charge < -0.3 is 10.6 Å². The summed E-state index contributed by atoms with van der Waals surface area (Å²) in [5, 5.41) is 5.54. The number of para-hydroxylation sites is 1. The van der Waals surface area contributed by atoms with Crippen LogP contribution in [0.4, 0.5) is 5.82 Å². The lowest BCUT2D eigenvalue weighted by molar-refractivity contribution is -0.127. The number of amides is 1. The molecule has 0 radical (unpaired) electrons. The number of carbonyl (C=O) groups excluding carboxylic acids is 1. The van der Waals surface area contributed by atoms with Gasteiger partial charge >= 0.3 is 0 Å². The van der Waals surface area contributed by atoms with E-state index in [4.69, 9.17) is 17.3 Å². The number of benzene rings is 2. The summed E-state index contributed by atoms with van der Waals surface area (Å²) in [6, 6.07) is 17.3. The van der Waals surface area contributed by atoms with E-state index in [1.165, 1.54) is 11.8 Å². The topological polar surface area (TPSA) is 89.9 Å². The van der Waals surface area contributed by atoms with Crippen molar-refractivity contribution in [1.82, 2.24) is 24.6 Å². The van der Waals surface area contributed by atoms with Gasteiger partial charge in [0.2, 0.25) is 5.91 Å². The summed E-state index contributed by atoms with van der Waals surface area (Å²) >= 11 is 7.29. The molecular weight excluding hydrogens is 468 g/mol. The Bertz CT molecular complexity index is 1280. The Balaban J connectivity index is 1.40. The Morgan fingerprint density at radius 1 is 1.12 bits per heavy atom. The van der Waals surface area contributed by atoms with Gasteiger partial charge in [-0.25, -0.2) is 14.6 Å². The van der Waals surface area contributed by atoms with Crippen LogP contribution in [0.5, 0.6) is 0 Å². The molecule has 2 aromatic carbocycles. The third kappa shape index (κ3) is 5.58. The maximum absolute atomic E-state index is 12.7. The molecule has 0 aliphatic carbocycles. The van der Waals surface area contributed by atoms with Gasteiger partial charge in [-0.15, -0.1) is 0 Å². The van der Waals surface area contributed by atoms with Gasteiger partial charge in [0.25, 0.3) is 0 Å². The number of nitrogen functional groups attached to an aromatic ring is 1. The standard InChI is InChI=1S/C25H25ClN6OS/c1-3-21-23(18-9-11-19(26)12-10-18)24(27)30-25(29-21)34-16-22(33)31(2)14-17-13-28-32(15-17)20-7-5-4-6-8-20/h4-13,15H,3,14,16H2,1-2H3,(H2,27,29,30). The van der Waals surface area contributed by atoms with Crippen LogP contribution < -0.4 is 5.73 Å². The minimum absolute atomic E-state index is 0.0283. The van der Waals surface area contributed by atoms with Gasteiger partial charge in [0.05, 0.1) is 23.3 Å². The molecule has 0 saturated carbocycles. The number of aromatic nitrogens is 4. The molecule has 0 fully saturated rings. The van der Waals surface area contributed by atoms with E-state index in [0.717, 1.165) is 28.1 Å². The number of nitrogens with zero attached hydrogens (tertiary/aromatic N) is 5. The van der Waals surface area contributed by atoms with Crippen molar-refractivity contribution in [2.24, 2.45) is 0 Å². The Labute approximate surface area is 208 Å². The summed E-state index contributed by atoms with van der Waals surface area (Å²) in [5.74, 6) is 0.580. The number of hydrogen-bond acceptors (Lipinski definition) is 6. The maximum atomic E-state index is 12.7. The number of halogens is 1. The third-order valence-electron chi connectivity index (χ3n) is 5.29. The highest BCUT2D eigenvalue weighted by atomic mass is 35.5. The van der Waals surface area contributed by atoms with Crippen LogP contribution >= 0.6 is 23.4 Å². The van der Waals surface area contributed by atoms with Gasteiger partial charge in [0, 0.05) is 35.9 Å². The second-order valence-electron chi connectivity index (χ2n) is 7.74. The molecule has 2 heterocycles. The molecule has 0 spiro atoms. The lowest BCUT2D eigenvalue weighted by Crippen LogP contribution is -2.27. The second-order valence-corrected chi connectivity index (χ2v) is 9.12. The molecule has 1 amide bonds. The zero-order valence-electron chi connectivity index (χ0n) is 19.0. The fourth-order valence-electron chi connectivity index (χ4n) is 3.52. The number of anilines is 1. The van der Waals surface area contributed by atoms with Crippen molar-refractivity contribution in [2.75, 3.05) is 18.5 Å². The quantitative estimate of drug-likeness (QED) is 0.278. The first-order valence-corrected chi connectivity index (χ1v) is 12.2. The van der Waals surface area contributed by atoms with E-state index in [2.05, 4.69) is 15.1 Å². The summed E-state index contributed by atoms with van der Waals surface area (Å²) in [6.45, 7) is 2.48. The van der Waals surface area contributed by atoms with Gasteiger partial charge in [-0.2, -0.15) is 5.10 Å².